The van der Waals surface area contributed by atoms with Crippen LogP contribution in [0.2, 0.25) is 0 Å². The number of hydrogen-bond donors (Lipinski definition) is 0. The van der Waals surface area contributed by atoms with Crippen molar-refractivity contribution in [3.05, 3.63) is 34.6 Å². The monoisotopic (exact) mass is 294 g/mol. The molecule has 0 N–H and O–H groups in total. The highest BCUT2D eigenvalue weighted by atomic mass is 79.9. The molecule has 0 saturated carbocycles. The number of benzene rings is 1. The summed E-state index contributed by atoms with van der Waals surface area (Å²) in [5, 5.41) is 0. The van der Waals surface area contributed by atoms with Gasteiger partial charge in [-0.05, 0) is 28.1 Å². The van der Waals surface area contributed by atoms with Crippen LogP contribution in [0.4, 0.5) is 0 Å². The van der Waals surface area contributed by atoms with Crippen LogP contribution in [0.1, 0.15) is 5.82 Å². The molecule has 2 aromatic rings. The Kier molecular flexibility index (Phi) is 3.28. The fourth-order valence-electron chi connectivity index (χ4n) is 1.56. The van der Waals surface area contributed by atoms with E-state index in [1.54, 1.807) is 6.08 Å². The molecule has 0 fully saturated rings. The molecule has 0 aliphatic rings. The predicted molar refractivity (Wildman–Crippen MR) is 69.6 cm³/mol. The molecule has 0 atom stereocenters. The van der Waals surface area contributed by atoms with Gasteiger partial charge < -0.3 is 9.30 Å². The summed E-state index contributed by atoms with van der Waals surface area (Å²) in [5.41, 5.74) is 1.91. The number of aryl methyl sites for hydroxylation is 1. The number of imidazole rings is 1. The number of carbonyl (C=O) groups is 1. The lowest BCUT2D eigenvalue weighted by atomic mass is 10.3. The minimum atomic E-state index is -0.419. The second-order valence-corrected chi connectivity index (χ2v) is 4.36. The maximum absolute atomic E-state index is 11.3. The zero-order valence-corrected chi connectivity index (χ0v) is 11.1. The average Bonchev–Trinajstić information content (AvgIpc) is 2.66. The number of ether oxygens (including phenoxy) is 1. The number of esters is 1. The minimum absolute atomic E-state index is 0.346. The van der Waals surface area contributed by atoms with Crippen molar-refractivity contribution < 1.29 is 9.53 Å². The van der Waals surface area contributed by atoms with E-state index in [9.17, 15) is 4.79 Å². The first kappa shape index (κ1) is 11.9. The molecule has 2 rings (SSSR count). The third kappa shape index (κ3) is 2.24. The van der Waals surface area contributed by atoms with Crippen molar-refractivity contribution in [3.8, 4) is 0 Å². The van der Waals surface area contributed by atoms with Gasteiger partial charge >= 0.3 is 5.97 Å². The van der Waals surface area contributed by atoms with Gasteiger partial charge in [0.25, 0.3) is 0 Å². The molecule has 0 bridgehead atoms. The minimum Gasteiger partial charge on any atom is -0.465 e. The van der Waals surface area contributed by atoms with E-state index in [2.05, 4.69) is 25.7 Å². The molecule has 1 aromatic heterocycles. The Balaban J connectivity index is 2.50. The number of para-hydroxylation sites is 2. The highest BCUT2D eigenvalue weighted by Gasteiger charge is 2.09. The van der Waals surface area contributed by atoms with Gasteiger partial charge in [-0.25, -0.2) is 9.78 Å². The molecular formula is C12H11BrN2O2. The van der Waals surface area contributed by atoms with Gasteiger partial charge in [0.15, 0.2) is 0 Å². The summed E-state index contributed by atoms with van der Waals surface area (Å²) >= 11 is 3.16. The summed E-state index contributed by atoms with van der Waals surface area (Å²) in [6.45, 7) is 0. The van der Waals surface area contributed by atoms with E-state index in [4.69, 9.17) is 0 Å². The second-order valence-electron chi connectivity index (χ2n) is 3.50. The van der Waals surface area contributed by atoms with E-state index in [1.165, 1.54) is 7.11 Å². The molecule has 0 radical (unpaired) electrons. The van der Waals surface area contributed by atoms with Crippen molar-refractivity contribution in [3.63, 3.8) is 0 Å². The van der Waals surface area contributed by atoms with E-state index >= 15 is 0 Å². The van der Waals surface area contributed by atoms with Crippen LogP contribution in [-0.2, 0) is 16.6 Å². The number of rotatable bonds is 2. The molecule has 5 heteroatoms. The number of nitrogens with zero attached hydrogens (tertiary/aromatic N) is 2. The maximum atomic E-state index is 11.3. The maximum Gasteiger partial charge on any atom is 0.345 e. The zero-order chi connectivity index (χ0) is 12.4. The van der Waals surface area contributed by atoms with Crippen LogP contribution in [0.25, 0.3) is 17.1 Å². The van der Waals surface area contributed by atoms with Crippen LogP contribution >= 0.6 is 15.9 Å². The SMILES string of the molecule is COC(=O)C(Br)=Cc1nc2ccccc2n1C. The first-order chi connectivity index (χ1) is 8.13. The summed E-state index contributed by atoms with van der Waals surface area (Å²) < 4.78 is 6.87. The van der Waals surface area contributed by atoms with Crippen LogP contribution in [0.15, 0.2) is 28.7 Å². The highest BCUT2D eigenvalue weighted by Crippen LogP contribution is 2.18. The molecule has 0 aliphatic heterocycles. The fraction of sp³-hybridized carbons (Fsp3) is 0.167. The van der Waals surface area contributed by atoms with Crippen LogP contribution in [0, 0.1) is 0 Å². The Morgan fingerprint density at radius 2 is 2.18 bits per heavy atom. The average molecular weight is 295 g/mol. The second kappa shape index (κ2) is 4.71. The van der Waals surface area contributed by atoms with Crippen molar-refractivity contribution >= 4 is 39.0 Å². The number of methoxy groups -OCH3 is 1. The van der Waals surface area contributed by atoms with Crippen molar-refractivity contribution in [1.29, 1.82) is 0 Å². The van der Waals surface area contributed by atoms with Gasteiger partial charge in [0.1, 0.15) is 10.3 Å². The Morgan fingerprint density at radius 1 is 1.47 bits per heavy atom. The molecular weight excluding hydrogens is 284 g/mol. The summed E-state index contributed by atoms with van der Waals surface area (Å²) in [4.78, 5) is 15.7. The van der Waals surface area contributed by atoms with Gasteiger partial charge in [0, 0.05) is 13.1 Å². The van der Waals surface area contributed by atoms with Crippen LogP contribution in [0.5, 0.6) is 0 Å². The van der Waals surface area contributed by atoms with Crippen LogP contribution < -0.4 is 0 Å². The summed E-state index contributed by atoms with van der Waals surface area (Å²) in [7, 11) is 3.24. The van der Waals surface area contributed by atoms with Crippen LogP contribution in [0.3, 0.4) is 0 Å². The van der Waals surface area contributed by atoms with E-state index < -0.39 is 5.97 Å². The zero-order valence-electron chi connectivity index (χ0n) is 9.48. The van der Waals surface area contributed by atoms with Crippen molar-refractivity contribution in [2.75, 3.05) is 7.11 Å². The normalized spacial score (nSPS) is 11.8. The fourth-order valence-corrected chi connectivity index (χ4v) is 1.93. The molecule has 88 valence electrons. The van der Waals surface area contributed by atoms with Gasteiger partial charge in [-0.2, -0.15) is 0 Å². The van der Waals surface area contributed by atoms with Gasteiger partial charge in [0.05, 0.1) is 18.1 Å². The number of fused-ring (bicyclic) bond motifs is 1. The first-order valence-corrected chi connectivity index (χ1v) is 5.79. The molecule has 17 heavy (non-hydrogen) atoms. The van der Waals surface area contributed by atoms with E-state index in [1.807, 2.05) is 35.9 Å². The summed E-state index contributed by atoms with van der Waals surface area (Å²) in [6.07, 6.45) is 1.64. The number of carbonyl (C=O) groups excluding carboxylic acids is 1. The number of aromatic nitrogens is 2. The van der Waals surface area contributed by atoms with E-state index in [0.717, 1.165) is 11.0 Å². The predicted octanol–water partition coefficient (Wildman–Crippen LogP) is 2.48. The Hall–Kier alpha value is -1.62. The first-order valence-electron chi connectivity index (χ1n) is 5.00. The Morgan fingerprint density at radius 3 is 2.82 bits per heavy atom. The summed E-state index contributed by atoms with van der Waals surface area (Å²) in [6, 6.07) is 7.79. The lowest BCUT2D eigenvalue weighted by Gasteiger charge is -1.98. The third-order valence-electron chi connectivity index (χ3n) is 2.46. The standard InChI is InChI=1S/C12H11BrN2O2/c1-15-10-6-4-3-5-9(10)14-11(15)7-8(13)12(16)17-2/h3-7H,1-2H3. The largest absolute Gasteiger partial charge is 0.465 e. The molecule has 1 aromatic carbocycles. The Labute approximate surface area is 107 Å². The van der Waals surface area contributed by atoms with Gasteiger partial charge in [-0.1, -0.05) is 12.1 Å². The van der Waals surface area contributed by atoms with Crippen molar-refractivity contribution in [2.24, 2.45) is 7.05 Å². The lowest BCUT2D eigenvalue weighted by Crippen LogP contribution is -2.00. The lowest BCUT2D eigenvalue weighted by molar-refractivity contribution is -0.135. The van der Waals surface area contributed by atoms with Crippen molar-refractivity contribution in [1.82, 2.24) is 9.55 Å². The molecule has 0 aliphatic carbocycles. The Bertz CT molecular complexity index is 602. The van der Waals surface area contributed by atoms with Gasteiger partial charge in [-0.3, -0.25) is 0 Å². The topological polar surface area (TPSA) is 44.1 Å². The molecule has 0 spiro atoms. The van der Waals surface area contributed by atoms with Crippen molar-refractivity contribution in [2.45, 2.75) is 0 Å². The number of halogens is 1. The molecule has 0 unspecified atom stereocenters. The smallest absolute Gasteiger partial charge is 0.345 e. The quantitative estimate of drug-likeness (QED) is 0.631. The van der Waals surface area contributed by atoms with Gasteiger partial charge in [0.2, 0.25) is 0 Å². The third-order valence-corrected chi connectivity index (χ3v) is 3.01. The van der Waals surface area contributed by atoms with E-state index in [0.29, 0.717) is 10.3 Å². The molecule has 1 heterocycles. The molecule has 0 saturated heterocycles. The molecule has 0 amide bonds. The summed E-state index contributed by atoms with van der Waals surface area (Å²) in [5.74, 6) is 0.278. The molecule has 4 nitrogen and oxygen atoms in total. The van der Waals surface area contributed by atoms with Gasteiger partial charge in [-0.15, -0.1) is 0 Å². The number of hydrogen-bond acceptors (Lipinski definition) is 3. The highest BCUT2D eigenvalue weighted by molar-refractivity contribution is 9.12. The van der Waals surface area contributed by atoms with Crippen LogP contribution in [-0.4, -0.2) is 22.6 Å². The van der Waals surface area contributed by atoms with E-state index in [-0.39, 0.29) is 0 Å².